The average Bonchev–Trinajstić information content (AvgIpc) is 3.01. The van der Waals surface area contributed by atoms with Gasteiger partial charge in [-0.05, 0) is 78.8 Å². The minimum Gasteiger partial charge on any atom is -0.371 e. The standard InChI is InChI=1S/C17H22BrN3/c18-17-11-16(4-3-15(17)12-19)21-9-5-14(6-10-21)13-20-7-1-2-8-20/h3-4,11,14H,1-2,5-10,13H2. The van der Waals surface area contributed by atoms with Crippen LogP contribution in [0.3, 0.4) is 0 Å². The second-order valence-electron chi connectivity index (χ2n) is 6.21. The van der Waals surface area contributed by atoms with Gasteiger partial charge in [-0.25, -0.2) is 0 Å². The Bertz CT molecular complexity index is 523. The number of anilines is 1. The van der Waals surface area contributed by atoms with Crippen LogP contribution >= 0.6 is 15.9 Å². The molecule has 21 heavy (non-hydrogen) atoms. The number of nitrogens with zero attached hydrogens (tertiary/aromatic N) is 3. The van der Waals surface area contributed by atoms with Gasteiger partial charge in [-0.3, -0.25) is 0 Å². The molecular formula is C17H22BrN3. The van der Waals surface area contributed by atoms with Crippen LogP contribution in [0.1, 0.15) is 31.2 Å². The molecule has 0 N–H and O–H groups in total. The second-order valence-corrected chi connectivity index (χ2v) is 7.07. The zero-order valence-corrected chi connectivity index (χ0v) is 14.0. The van der Waals surface area contributed by atoms with E-state index in [0.29, 0.717) is 5.56 Å². The molecular weight excluding hydrogens is 326 g/mol. The van der Waals surface area contributed by atoms with Gasteiger partial charge in [-0.2, -0.15) is 5.26 Å². The van der Waals surface area contributed by atoms with Crippen molar-refractivity contribution in [3.05, 3.63) is 28.2 Å². The van der Waals surface area contributed by atoms with Crippen molar-refractivity contribution in [2.45, 2.75) is 25.7 Å². The maximum atomic E-state index is 8.99. The summed E-state index contributed by atoms with van der Waals surface area (Å²) in [6, 6.07) is 8.27. The predicted octanol–water partition coefficient (Wildman–Crippen LogP) is 3.63. The molecule has 1 aromatic carbocycles. The third-order valence-corrected chi connectivity index (χ3v) is 5.42. The summed E-state index contributed by atoms with van der Waals surface area (Å²) >= 11 is 3.49. The van der Waals surface area contributed by atoms with Crippen molar-refractivity contribution in [1.82, 2.24) is 4.90 Å². The molecule has 0 bridgehead atoms. The molecule has 112 valence electrons. The van der Waals surface area contributed by atoms with Crippen molar-refractivity contribution >= 4 is 21.6 Å². The van der Waals surface area contributed by atoms with Gasteiger partial charge in [-0.1, -0.05) is 0 Å². The number of benzene rings is 1. The van der Waals surface area contributed by atoms with Crippen molar-refractivity contribution in [2.75, 3.05) is 37.6 Å². The minimum atomic E-state index is 0.711. The Morgan fingerprint density at radius 2 is 1.86 bits per heavy atom. The summed E-state index contributed by atoms with van der Waals surface area (Å²) in [5, 5.41) is 8.99. The molecule has 2 aliphatic heterocycles. The molecule has 0 radical (unpaired) electrons. The lowest BCUT2D eigenvalue weighted by Gasteiger charge is -2.35. The summed E-state index contributed by atoms with van der Waals surface area (Å²) in [6.45, 7) is 6.18. The van der Waals surface area contributed by atoms with Crippen LogP contribution < -0.4 is 4.90 Å². The average molecular weight is 348 g/mol. The van der Waals surface area contributed by atoms with Crippen LogP contribution in [0.5, 0.6) is 0 Å². The van der Waals surface area contributed by atoms with Crippen LogP contribution in [0.25, 0.3) is 0 Å². The van der Waals surface area contributed by atoms with Gasteiger partial charge >= 0.3 is 0 Å². The molecule has 2 heterocycles. The van der Waals surface area contributed by atoms with Crippen LogP contribution in [-0.4, -0.2) is 37.6 Å². The Morgan fingerprint density at radius 1 is 1.14 bits per heavy atom. The number of halogens is 1. The van der Waals surface area contributed by atoms with E-state index in [0.717, 1.165) is 23.5 Å². The monoisotopic (exact) mass is 347 g/mol. The summed E-state index contributed by atoms with van der Waals surface area (Å²) < 4.78 is 0.904. The third-order valence-electron chi connectivity index (χ3n) is 4.77. The van der Waals surface area contributed by atoms with E-state index in [1.54, 1.807) is 0 Å². The first kappa shape index (κ1) is 14.9. The molecule has 0 aliphatic carbocycles. The van der Waals surface area contributed by atoms with Crippen LogP contribution in [-0.2, 0) is 0 Å². The topological polar surface area (TPSA) is 30.3 Å². The third kappa shape index (κ3) is 3.59. The van der Waals surface area contributed by atoms with Crippen molar-refractivity contribution < 1.29 is 0 Å². The van der Waals surface area contributed by atoms with Crippen LogP contribution in [0.2, 0.25) is 0 Å². The summed E-state index contributed by atoms with van der Waals surface area (Å²) in [7, 11) is 0. The first-order valence-corrected chi connectivity index (χ1v) is 8.72. The Labute approximate surface area is 135 Å². The maximum Gasteiger partial charge on any atom is 0.100 e. The minimum absolute atomic E-state index is 0.711. The molecule has 2 fully saturated rings. The lowest BCUT2D eigenvalue weighted by Crippen LogP contribution is -2.38. The van der Waals surface area contributed by atoms with Gasteiger partial charge in [0.05, 0.1) is 5.56 Å². The van der Waals surface area contributed by atoms with Crippen molar-refractivity contribution in [3.8, 4) is 6.07 Å². The number of hydrogen-bond donors (Lipinski definition) is 0. The largest absolute Gasteiger partial charge is 0.371 e. The zero-order chi connectivity index (χ0) is 14.7. The molecule has 0 atom stereocenters. The molecule has 2 aliphatic rings. The number of likely N-dealkylation sites (tertiary alicyclic amines) is 1. The number of piperidine rings is 1. The first-order chi connectivity index (χ1) is 10.3. The highest BCUT2D eigenvalue weighted by Crippen LogP contribution is 2.28. The molecule has 0 amide bonds. The van der Waals surface area contributed by atoms with E-state index in [4.69, 9.17) is 5.26 Å². The van der Waals surface area contributed by atoms with E-state index < -0.39 is 0 Å². The molecule has 2 saturated heterocycles. The summed E-state index contributed by atoms with van der Waals surface area (Å²) in [5.74, 6) is 0.862. The van der Waals surface area contributed by atoms with E-state index >= 15 is 0 Å². The fourth-order valence-electron chi connectivity index (χ4n) is 3.50. The summed E-state index contributed by atoms with van der Waals surface area (Å²) in [5.41, 5.74) is 1.95. The smallest absolute Gasteiger partial charge is 0.100 e. The van der Waals surface area contributed by atoms with Gasteiger partial charge in [0.25, 0.3) is 0 Å². The van der Waals surface area contributed by atoms with E-state index in [1.807, 2.05) is 6.07 Å². The van der Waals surface area contributed by atoms with Gasteiger partial charge in [0.1, 0.15) is 6.07 Å². The predicted molar refractivity (Wildman–Crippen MR) is 89.5 cm³/mol. The van der Waals surface area contributed by atoms with Crippen molar-refractivity contribution in [3.63, 3.8) is 0 Å². The maximum absolute atomic E-state index is 8.99. The normalized spacial score (nSPS) is 20.7. The Balaban J connectivity index is 1.55. The Hall–Kier alpha value is -1.05. The second kappa shape index (κ2) is 6.81. The van der Waals surface area contributed by atoms with Gasteiger partial charge in [0.2, 0.25) is 0 Å². The van der Waals surface area contributed by atoms with E-state index in [1.165, 1.54) is 51.0 Å². The Morgan fingerprint density at radius 3 is 2.48 bits per heavy atom. The highest BCUT2D eigenvalue weighted by atomic mass is 79.9. The first-order valence-electron chi connectivity index (χ1n) is 7.93. The lowest BCUT2D eigenvalue weighted by molar-refractivity contribution is 0.249. The lowest BCUT2D eigenvalue weighted by atomic mass is 9.96. The van der Waals surface area contributed by atoms with Gasteiger partial charge < -0.3 is 9.80 Å². The van der Waals surface area contributed by atoms with E-state index in [9.17, 15) is 0 Å². The molecule has 4 heteroatoms. The molecule has 3 rings (SSSR count). The quantitative estimate of drug-likeness (QED) is 0.836. The van der Waals surface area contributed by atoms with Crippen LogP contribution in [0.4, 0.5) is 5.69 Å². The van der Waals surface area contributed by atoms with Crippen molar-refractivity contribution in [2.24, 2.45) is 5.92 Å². The molecule has 0 spiro atoms. The fraction of sp³-hybridized carbons (Fsp3) is 0.588. The number of hydrogen-bond acceptors (Lipinski definition) is 3. The summed E-state index contributed by atoms with van der Waals surface area (Å²) in [6.07, 6.45) is 5.35. The van der Waals surface area contributed by atoms with Gasteiger partial charge in [-0.15, -0.1) is 0 Å². The molecule has 0 saturated carbocycles. The van der Waals surface area contributed by atoms with Crippen molar-refractivity contribution in [1.29, 1.82) is 5.26 Å². The summed E-state index contributed by atoms with van der Waals surface area (Å²) in [4.78, 5) is 5.09. The molecule has 0 aromatic heterocycles. The van der Waals surface area contributed by atoms with E-state index in [-0.39, 0.29) is 0 Å². The fourth-order valence-corrected chi connectivity index (χ4v) is 3.95. The zero-order valence-electron chi connectivity index (χ0n) is 12.4. The number of nitriles is 1. The highest BCUT2D eigenvalue weighted by Gasteiger charge is 2.23. The van der Waals surface area contributed by atoms with E-state index in [2.05, 4.69) is 43.9 Å². The molecule has 0 unspecified atom stereocenters. The Kier molecular flexibility index (Phi) is 4.82. The van der Waals surface area contributed by atoms with Crippen LogP contribution in [0, 0.1) is 17.2 Å². The van der Waals surface area contributed by atoms with Crippen LogP contribution in [0.15, 0.2) is 22.7 Å². The van der Waals surface area contributed by atoms with Gasteiger partial charge in [0.15, 0.2) is 0 Å². The highest BCUT2D eigenvalue weighted by molar-refractivity contribution is 9.10. The number of rotatable bonds is 3. The molecule has 1 aromatic rings. The van der Waals surface area contributed by atoms with Gasteiger partial charge in [0, 0.05) is 29.8 Å². The molecule has 3 nitrogen and oxygen atoms in total. The SMILES string of the molecule is N#Cc1ccc(N2CCC(CN3CCCC3)CC2)cc1Br.